The van der Waals surface area contributed by atoms with Crippen LogP contribution in [0.15, 0.2) is 12.2 Å². The Bertz CT molecular complexity index is 411. The summed E-state index contributed by atoms with van der Waals surface area (Å²) in [6, 6.07) is 0. The maximum absolute atomic E-state index is 14.0. The highest BCUT2D eigenvalue weighted by Gasteiger charge is 2.37. The molecular formula is C22H40F2O4. The molecule has 1 heterocycles. The number of aliphatic hydroxyl groups excluding tert-OH is 2. The summed E-state index contributed by atoms with van der Waals surface area (Å²) < 4.78 is 39.0. The fourth-order valence-electron chi connectivity index (χ4n) is 3.72. The van der Waals surface area contributed by atoms with Crippen molar-refractivity contribution in [2.45, 2.75) is 96.4 Å². The molecule has 0 aromatic heterocycles. The van der Waals surface area contributed by atoms with Gasteiger partial charge in [-0.3, -0.25) is 0 Å². The number of hydrogen-bond donors (Lipinski definition) is 2. The Morgan fingerprint density at radius 2 is 1.75 bits per heavy atom. The van der Waals surface area contributed by atoms with Crippen LogP contribution in [-0.4, -0.2) is 48.4 Å². The van der Waals surface area contributed by atoms with Crippen LogP contribution in [0, 0.1) is 11.8 Å². The van der Waals surface area contributed by atoms with Crippen LogP contribution in [0.5, 0.6) is 0 Å². The van der Waals surface area contributed by atoms with Crippen LogP contribution in [-0.2, 0) is 9.47 Å². The van der Waals surface area contributed by atoms with Gasteiger partial charge in [-0.1, -0.05) is 45.3 Å². The predicted molar refractivity (Wildman–Crippen MR) is 107 cm³/mol. The lowest BCUT2D eigenvalue weighted by molar-refractivity contribution is -0.175. The average Bonchev–Trinajstić information content (AvgIpc) is 2.70. The molecule has 0 aliphatic carbocycles. The van der Waals surface area contributed by atoms with E-state index in [1.807, 2.05) is 19.1 Å². The van der Waals surface area contributed by atoms with E-state index in [9.17, 15) is 19.0 Å². The Morgan fingerprint density at radius 3 is 2.36 bits per heavy atom. The molecule has 0 aromatic rings. The second-order valence-electron chi connectivity index (χ2n) is 7.92. The number of alkyl halides is 2. The zero-order valence-electron chi connectivity index (χ0n) is 17.6. The molecule has 0 radical (unpaired) electrons. The third kappa shape index (κ3) is 9.77. The molecule has 0 spiro atoms. The molecule has 0 bridgehead atoms. The Hall–Kier alpha value is -0.560. The quantitative estimate of drug-likeness (QED) is 0.373. The van der Waals surface area contributed by atoms with Crippen LogP contribution in [0.3, 0.4) is 0 Å². The summed E-state index contributed by atoms with van der Waals surface area (Å²) >= 11 is 0. The Morgan fingerprint density at radius 1 is 1.04 bits per heavy atom. The first-order chi connectivity index (χ1) is 13.4. The number of ether oxygens (including phenoxy) is 2. The van der Waals surface area contributed by atoms with Crippen molar-refractivity contribution in [3.05, 3.63) is 12.2 Å². The van der Waals surface area contributed by atoms with Crippen molar-refractivity contribution < 1.29 is 28.5 Å². The van der Waals surface area contributed by atoms with E-state index in [4.69, 9.17) is 9.47 Å². The van der Waals surface area contributed by atoms with Gasteiger partial charge in [0.2, 0.25) is 0 Å². The van der Waals surface area contributed by atoms with Gasteiger partial charge >= 0.3 is 0 Å². The number of hydrogen-bond acceptors (Lipinski definition) is 4. The highest BCUT2D eigenvalue weighted by molar-refractivity contribution is 4.88. The van der Waals surface area contributed by atoms with Gasteiger partial charge in [0.05, 0.1) is 13.2 Å². The molecule has 1 aliphatic heterocycles. The summed E-state index contributed by atoms with van der Waals surface area (Å²) in [5.41, 5.74) is 0. The molecule has 6 heteroatoms. The van der Waals surface area contributed by atoms with Crippen LogP contribution in [0.4, 0.5) is 8.78 Å². The maximum Gasteiger partial charge on any atom is 0.273 e. The molecule has 28 heavy (non-hydrogen) atoms. The Labute approximate surface area is 169 Å². The highest BCUT2D eigenvalue weighted by atomic mass is 19.3. The van der Waals surface area contributed by atoms with E-state index < -0.39 is 12.0 Å². The summed E-state index contributed by atoms with van der Waals surface area (Å²) in [5, 5.41) is 19.8. The van der Waals surface area contributed by atoms with E-state index in [0.29, 0.717) is 32.1 Å². The lowest BCUT2D eigenvalue weighted by Crippen LogP contribution is -2.34. The predicted octanol–water partition coefficient (Wildman–Crippen LogP) is 5.08. The second-order valence-corrected chi connectivity index (χ2v) is 7.92. The van der Waals surface area contributed by atoms with E-state index >= 15 is 0 Å². The third-order valence-electron chi connectivity index (χ3n) is 5.55. The minimum Gasteiger partial charge on any atom is -0.396 e. The first-order valence-corrected chi connectivity index (χ1v) is 11.0. The molecule has 4 nitrogen and oxygen atoms in total. The Balaban J connectivity index is 2.48. The van der Waals surface area contributed by atoms with Gasteiger partial charge in [-0.2, -0.15) is 0 Å². The van der Waals surface area contributed by atoms with Crippen molar-refractivity contribution in [2.24, 2.45) is 11.8 Å². The SMILES string of the molecule is CCCCC(F)(F)C(O)CC[C@@H](CCC)[C@H](CO)C/C=C\CC1OCCCO1. The van der Waals surface area contributed by atoms with E-state index in [2.05, 4.69) is 6.92 Å². The molecular weight excluding hydrogens is 366 g/mol. The van der Waals surface area contributed by atoms with Crippen LogP contribution in [0.2, 0.25) is 0 Å². The smallest absolute Gasteiger partial charge is 0.273 e. The van der Waals surface area contributed by atoms with Crippen molar-refractivity contribution >= 4 is 0 Å². The van der Waals surface area contributed by atoms with Crippen molar-refractivity contribution in [1.82, 2.24) is 0 Å². The van der Waals surface area contributed by atoms with Crippen LogP contribution in [0.1, 0.15) is 78.1 Å². The molecule has 166 valence electrons. The summed E-state index contributed by atoms with van der Waals surface area (Å²) in [7, 11) is 0. The molecule has 1 unspecified atom stereocenters. The van der Waals surface area contributed by atoms with Crippen molar-refractivity contribution in [3.63, 3.8) is 0 Å². The van der Waals surface area contributed by atoms with Crippen molar-refractivity contribution in [1.29, 1.82) is 0 Å². The number of halogens is 2. The number of aliphatic hydroxyl groups is 2. The molecule has 1 saturated heterocycles. The Kier molecular flexibility index (Phi) is 13.1. The molecule has 1 aliphatic rings. The summed E-state index contributed by atoms with van der Waals surface area (Å²) in [6.07, 6.45) is 7.75. The first kappa shape index (κ1) is 25.5. The van der Waals surface area contributed by atoms with Crippen LogP contribution < -0.4 is 0 Å². The minimum absolute atomic E-state index is 0.0147. The van der Waals surface area contributed by atoms with Gasteiger partial charge in [0.25, 0.3) is 5.92 Å². The molecule has 3 atom stereocenters. The number of unbranched alkanes of at least 4 members (excludes halogenated alkanes) is 1. The topological polar surface area (TPSA) is 58.9 Å². The fourth-order valence-corrected chi connectivity index (χ4v) is 3.72. The minimum atomic E-state index is -3.03. The molecule has 1 rings (SSSR count). The van der Waals surface area contributed by atoms with E-state index in [-0.39, 0.29) is 37.6 Å². The lowest BCUT2D eigenvalue weighted by atomic mass is 9.82. The monoisotopic (exact) mass is 406 g/mol. The lowest BCUT2D eigenvalue weighted by Gasteiger charge is -2.28. The van der Waals surface area contributed by atoms with Gasteiger partial charge in [-0.15, -0.1) is 0 Å². The van der Waals surface area contributed by atoms with Gasteiger partial charge in [-0.05, 0) is 43.9 Å². The number of allylic oxidation sites excluding steroid dienone is 1. The van der Waals surface area contributed by atoms with E-state index in [1.54, 1.807) is 0 Å². The zero-order valence-corrected chi connectivity index (χ0v) is 17.6. The van der Waals surface area contributed by atoms with Gasteiger partial charge < -0.3 is 19.7 Å². The average molecular weight is 407 g/mol. The molecule has 0 saturated carbocycles. The van der Waals surface area contributed by atoms with Crippen molar-refractivity contribution in [2.75, 3.05) is 19.8 Å². The number of rotatable bonds is 15. The molecule has 1 fully saturated rings. The fraction of sp³-hybridized carbons (Fsp3) is 0.909. The third-order valence-corrected chi connectivity index (χ3v) is 5.55. The van der Waals surface area contributed by atoms with Crippen LogP contribution >= 0.6 is 0 Å². The van der Waals surface area contributed by atoms with E-state index in [1.165, 1.54) is 0 Å². The van der Waals surface area contributed by atoms with Gasteiger partial charge in [0.15, 0.2) is 6.29 Å². The molecule has 0 aromatic carbocycles. The first-order valence-electron chi connectivity index (χ1n) is 11.0. The maximum atomic E-state index is 14.0. The standard InChI is InChI=1S/C22H40F2O4/c1-3-5-14-22(23,24)20(26)13-12-18(9-4-2)19(17-25)10-6-7-11-21-27-15-8-16-28-21/h6-7,18-21,25-26H,3-5,8-17H2,1-2H3/b7-6-/t18-,19+,20?/m1/s1. The second kappa shape index (κ2) is 14.4. The summed E-state index contributed by atoms with van der Waals surface area (Å²) in [5.74, 6) is -2.89. The van der Waals surface area contributed by atoms with Crippen LogP contribution in [0.25, 0.3) is 0 Å². The zero-order chi connectivity index (χ0) is 20.8. The normalized spacial score (nSPS) is 19.8. The van der Waals surface area contributed by atoms with Crippen molar-refractivity contribution in [3.8, 4) is 0 Å². The molecule has 0 amide bonds. The summed E-state index contributed by atoms with van der Waals surface area (Å²) in [4.78, 5) is 0. The molecule has 2 N–H and O–H groups in total. The highest BCUT2D eigenvalue weighted by Crippen LogP contribution is 2.32. The van der Waals surface area contributed by atoms with Gasteiger partial charge in [0, 0.05) is 19.4 Å². The summed E-state index contributed by atoms with van der Waals surface area (Å²) in [6.45, 7) is 5.39. The van der Waals surface area contributed by atoms with Gasteiger partial charge in [0.1, 0.15) is 6.10 Å². The largest absolute Gasteiger partial charge is 0.396 e. The van der Waals surface area contributed by atoms with E-state index in [0.717, 1.165) is 32.5 Å². The van der Waals surface area contributed by atoms with Gasteiger partial charge in [-0.25, -0.2) is 8.78 Å².